The van der Waals surface area contributed by atoms with Gasteiger partial charge in [-0.3, -0.25) is 9.69 Å². The zero-order valence-corrected chi connectivity index (χ0v) is 16.2. The molecule has 2 N–H and O–H groups in total. The summed E-state index contributed by atoms with van der Waals surface area (Å²) in [5.74, 6) is -0.731. The highest BCUT2D eigenvalue weighted by Crippen LogP contribution is 2.30. The second-order valence-corrected chi connectivity index (χ2v) is 6.96. The molecule has 1 heterocycles. The van der Waals surface area contributed by atoms with Gasteiger partial charge in [-0.2, -0.15) is 13.2 Å². The van der Waals surface area contributed by atoms with E-state index in [2.05, 4.69) is 15.5 Å². The summed E-state index contributed by atoms with van der Waals surface area (Å²) in [5, 5.41) is 5.49. The van der Waals surface area contributed by atoms with Gasteiger partial charge >= 0.3 is 6.18 Å². The van der Waals surface area contributed by atoms with E-state index in [1.807, 2.05) is 0 Å². The Morgan fingerprint density at radius 2 is 1.83 bits per heavy atom. The molecule has 0 aliphatic carbocycles. The highest BCUT2D eigenvalue weighted by Gasteiger charge is 2.30. The van der Waals surface area contributed by atoms with E-state index in [0.717, 1.165) is 17.7 Å². The number of anilines is 1. The maximum atomic E-state index is 13.7. The van der Waals surface area contributed by atoms with Gasteiger partial charge in [-0.15, -0.1) is 0 Å². The lowest BCUT2D eigenvalue weighted by atomic mass is 10.0. The molecule has 9 heteroatoms. The van der Waals surface area contributed by atoms with E-state index < -0.39 is 11.7 Å². The van der Waals surface area contributed by atoms with Crippen LogP contribution >= 0.6 is 0 Å². The van der Waals surface area contributed by atoms with Crippen LogP contribution in [0.2, 0.25) is 0 Å². The van der Waals surface area contributed by atoms with E-state index in [1.165, 1.54) is 24.3 Å². The summed E-state index contributed by atoms with van der Waals surface area (Å²) < 4.78 is 57.4. The first-order chi connectivity index (χ1) is 14.3. The first kappa shape index (κ1) is 22.0. The molecule has 162 valence electrons. The van der Waals surface area contributed by atoms with E-state index in [4.69, 9.17) is 4.74 Å². The Labute approximate surface area is 172 Å². The number of benzene rings is 2. The van der Waals surface area contributed by atoms with Gasteiger partial charge in [0.05, 0.1) is 31.4 Å². The van der Waals surface area contributed by atoms with Crippen LogP contribution in [0.5, 0.6) is 0 Å². The number of carbonyl (C=O) groups is 1. The number of alkyl halides is 3. The molecular weight excluding hydrogens is 402 g/mol. The van der Waals surface area contributed by atoms with Crippen molar-refractivity contribution >= 4 is 11.6 Å². The SMILES string of the molecule is O=C(CNc1cccc(C(F)(F)F)c1)NCC(c1cccc(F)c1)N1CCOCC1. The highest BCUT2D eigenvalue weighted by molar-refractivity contribution is 5.80. The maximum absolute atomic E-state index is 13.7. The van der Waals surface area contributed by atoms with Crippen molar-refractivity contribution in [2.45, 2.75) is 12.2 Å². The van der Waals surface area contributed by atoms with Crippen molar-refractivity contribution in [2.75, 3.05) is 44.7 Å². The average molecular weight is 425 g/mol. The van der Waals surface area contributed by atoms with Crippen molar-refractivity contribution in [3.05, 3.63) is 65.5 Å². The number of nitrogens with zero attached hydrogens (tertiary/aromatic N) is 1. The summed E-state index contributed by atoms with van der Waals surface area (Å²) in [5.41, 5.74) is 0.157. The van der Waals surface area contributed by atoms with Gasteiger partial charge in [0.25, 0.3) is 0 Å². The van der Waals surface area contributed by atoms with Gasteiger partial charge in [-0.1, -0.05) is 18.2 Å². The van der Waals surface area contributed by atoms with E-state index in [0.29, 0.717) is 26.3 Å². The summed E-state index contributed by atoms with van der Waals surface area (Å²) in [6.45, 7) is 2.47. The molecule has 0 spiro atoms. The topological polar surface area (TPSA) is 53.6 Å². The summed E-state index contributed by atoms with van der Waals surface area (Å²) >= 11 is 0. The standard InChI is InChI=1S/C21H23F4N3O2/c22-17-5-1-3-15(11-17)19(28-7-9-30-10-8-28)13-27-20(29)14-26-18-6-2-4-16(12-18)21(23,24)25/h1-6,11-12,19,26H,7-10,13-14H2,(H,27,29). The van der Waals surface area contributed by atoms with E-state index in [-0.39, 0.29) is 36.5 Å². The van der Waals surface area contributed by atoms with Gasteiger partial charge in [-0.05, 0) is 35.9 Å². The zero-order valence-electron chi connectivity index (χ0n) is 16.2. The normalized spacial score (nSPS) is 16.1. The number of carbonyl (C=O) groups excluding carboxylic acids is 1. The fraction of sp³-hybridized carbons (Fsp3) is 0.381. The lowest BCUT2D eigenvalue weighted by Gasteiger charge is -2.35. The predicted molar refractivity (Wildman–Crippen MR) is 104 cm³/mol. The summed E-state index contributed by atoms with van der Waals surface area (Å²) in [6, 6.07) is 10.7. The fourth-order valence-corrected chi connectivity index (χ4v) is 3.32. The molecule has 1 aliphatic heterocycles. The van der Waals surface area contributed by atoms with Gasteiger partial charge < -0.3 is 15.4 Å². The molecule has 2 aromatic rings. The van der Waals surface area contributed by atoms with Crippen LogP contribution in [0.3, 0.4) is 0 Å². The number of morpholine rings is 1. The summed E-state index contributed by atoms with van der Waals surface area (Å²) in [4.78, 5) is 14.4. The third-order valence-electron chi connectivity index (χ3n) is 4.86. The first-order valence-electron chi connectivity index (χ1n) is 9.58. The average Bonchev–Trinajstić information content (AvgIpc) is 2.73. The summed E-state index contributed by atoms with van der Waals surface area (Å²) in [6.07, 6.45) is -4.45. The lowest BCUT2D eigenvalue weighted by molar-refractivity contribution is -0.137. The number of ether oxygens (including phenoxy) is 1. The van der Waals surface area contributed by atoms with Crippen molar-refractivity contribution in [1.82, 2.24) is 10.2 Å². The molecule has 1 atom stereocenters. The molecule has 0 bridgehead atoms. The number of hydrogen-bond donors (Lipinski definition) is 2. The molecule has 1 amide bonds. The van der Waals surface area contributed by atoms with Crippen molar-refractivity contribution in [3.8, 4) is 0 Å². The van der Waals surface area contributed by atoms with E-state index >= 15 is 0 Å². The Morgan fingerprint density at radius 1 is 1.10 bits per heavy atom. The van der Waals surface area contributed by atoms with Gasteiger partial charge in [0.1, 0.15) is 5.82 Å². The minimum atomic E-state index is -4.45. The molecule has 1 saturated heterocycles. The Balaban J connectivity index is 1.59. The van der Waals surface area contributed by atoms with Crippen LogP contribution in [0, 0.1) is 5.82 Å². The number of rotatable bonds is 7. The summed E-state index contributed by atoms with van der Waals surface area (Å²) in [7, 11) is 0. The Kier molecular flexibility index (Phi) is 7.28. The van der Waals surface area contributed by atoms with Gasteiger partial charge in [-0.25, -0.2) is 4.39 Å². The fourth-order valence-electron chi connectivity index (χ4n) is 3.32. The third-order valence-corrected chi connectivity index (χ3v) is 4.86. The second kappa shape index (κ2) is 9.90. The molecule has 1 aliphatic rings. The van der Waals surface area contributed by atoms with Gasteiger partial charge in [0.15, 0.2) is 0 Å². The van der Waals surface area contributed by atoms with Crippen molar-refractivity contribution < 1.29 is 27.1 Å². The smallest absolute Gasteiger partial charge is 0.379 e. The maximum Gasteiger partial charge on any atom is 0.416 e. The highest BCUT2D eigenvalue weighted by atomic mass is 19.4. The quantitative estimate of drug-likeness (QED) is 0.668. The van der Waals surface area contributed by atoms with Crippen molar-refractivity contribution in [3.63, 3.8) is 0 Å². The zero-order chi connectivity index (χ0) is 21.6. The molecule has 5 nitrogen and oxygen atoms in total. The number of halogens is 4. The molecule has 0 saturated carbocycles. The van der Waals surface area contributed by atoms with E-state index in [9.17, 15) is 22.4 Å². The predicted octanol–water partition coefficient (Wildman–Crippen LogP) is 3.45. The van der Waals surface area contributed by atoms with Crippen LogP contribution in [0.15, 0.2) is 48.5 Å². The van der Waals surface area contributed by atoms with Crippen molar-refractivity contribution in [1.29, 1.82) is 0 Å². The van der Waals surface area contributed by atoms with Crippen LogP contribution < -0.4 is 10.6 Å². The molecule has 0 aromatic heterocycles. The Morgan fingerprint density at radius 3 is 2.53 bits per heavy atom. The van der Waals surface area contributed by atoms with Gasteiger partial charge in [0, 0.05) is 25.3 Å². The molecule has 2 aromatic carbocycles. The van der Waals surface area contributed by atoms with Crippen LogP contribution in [-0.2, 0) is 15.7 Å². The third kappa shape index (κ3) is 6.17. The van der Waals surface area contributed by atoms with Crippen LogP contribution in [0.1, 0.15) is 17.2 Å². The second-order valence-electron chi connectivity index (χ2n) is 6.96. The molecule has 3 rings (SSSR count). The molecular formula is C21H23F4N3O2. The monoisotopic (exact) mass is 425 g/mol. The minimum Gasteiger partial charge on any atom is -0.379 e. The Bertz CT molecular complexity index is 854. The minimum absolute atomic E-state index is 0.180. The van der Waals surface area contributed by atoms with Crippen LogP contribution in [-0.4, -0.2) is 50.2 Å². The first-order valence-corrected chi connectivity index (χ1v) is 9.58. The Hall–Kier alpha value is -2.65. The molecule has 1 fully saturated rings. The largest absolute Gasteiger partial charge is 0.416 e. The number of amides is 1. The number of hydrogen-bond acceptors (Lipinski definition) is 4. The van der Waals surface area contributed by atoms with Crippen LogP contribution in [0.4, 0.5) is 23.2 Å². The van der Waals surface area contributed by atoms with Crippen molar-refractivity contribution in [2.24, 2.45) is 0 Å². The van der Waals surface area contributed by atoms with E-state index in [1.54, 1.807) is 12.1 Å². The lowest BCUT2D eigenvalue weighted by Crippen LogP contribution is -2.44. The van der Waals surface area contributed by atoms with Crippen LogP contribution in [0.25, 0.3) is 0 Å². The number of nitrogens with one attached hydrogen (secondary N) is 2. The molecule has 30 heavy (non-hydrogen) atoms. The van der Waals surface area contributed by atoms with Gasteiger partial charge in [0.2, 0.25) is 5.91 Å². The molecule has 0 radical (unpaired) electrons. The molecule has 1 unspecified atom stereocenters.